The Labute approximate surface area is 205 Å². The quantitative estimate of drug-likeness (QED) is 0.294. The standard InChI is InChI=1S/C27H26N4O3S/c28-18-20-6-8-22(9-7-20)26(32)11-13-29-14-15-31-35(33,34)27-17-23(21-4-2-1-3-5-21)16-24-19-30-12-10-25(24)27/h1-10,12,16-17,19,26,29,31-32H,11,13-15H2. The third-order valence-corrected chi connectivity index (χ3v) is 7.23. The van der Waals surface area contributed by atoms with Gasteiger partial charge in [-0.1, -0.05) is 42.5 Å². The van der Waals surface area contributed by atoms with Crippen LogP contribution in [0.15, 0.2) is 90.1 Å². The van der Waals surface area contributed by atoms with Crippen molar-refractivity contribution in [3.63, 3.8) is 0 Å². The van der Waals surface area contributed by atoms with Gasteiger partial charge in [0.2, 0.25) is 10.0 Å². The molecule has 0 aliphatic carbocycles. The molecule has 0 bridgehead atoms. The topological polar surface area (TPSA) is 115 Å². The highest BCUT2D eigenvalue weighted by atomic mass is 32.2. The highest BCUT2D eigenvalue weighted by Gasteiger charge is 2.19. The highest BCUT2D eigenvalue weighted by molar-refractivity contribution is 7.89. The van der Waals surface area contributed by atoms with E-state index in [4.69, 9.17) is 5.26 Å². The average molecular weight is 487 g/mol. The molecule has 0 aliphatic rings. The molecule has 0 spiro atoms. The molecular weight excluding hydrogens is 460 g/mol. The maximum atomic E-state index is 13.2. The lowest BCUT2D eigenvalue weighted by Gasteiger charge is -2.14. The second-order valence-electron chi connectivity index (χ2n) is 8.12. The molecule has 0 amide bonds. The first-order chi connectivity index (χ1) is 17.0. The summed E-state index contributed by atoms with van der Waals surface area (Å²) in [5, 5.41) is 23.7. The predicted molar refractivity (Wildman–Crippen MR) is 136 cm³/mol. The lowest BCUT2D eigenvalue weighted by molar-refractivity contribution is 0.167. The van der Waals surface area contributed by atoms with Gasteiger partial charge in [0, 0.05) is 36.3 Å². The van der Waals surface area contributed by atoms with Gasteiger partial charge in [-0.2, -0.15) is 5.26 Å². The molecule has 1 unspecified atom stereocenters. The first-order valence-corrected chi connectivity index (χ1v) is 12.8. The monoisotopic (exact) mass is 486 g/mol. The van der Waals surface area contributed by atoms with Crippen molar-refractivity contribution >= 4 is 20.8 Å². The first kappa shape index (κ1) is 24.5. The summed E-state index contributed by atoms with van der Waals surface area (Å²) in [6, 6.07) is 23.9. The fraction of sp³-hybridized carbons (Fsp3) is 0.185. The van der Waals surface area contributed by atoms with Gasteiger partial charge in [-0.15, -0.1) is 0 Å². The molecule has 0 fully saturated rings. The van der Waals surface area contributed by atoms with E-state index in [1.54, 1.807) is 48.8 Å². The van der Waals surface area contributed by atoms with Gasteiger partial charge in [0.25, 0.3) is 0 Å². The van der Waals surface area contributed by atoms with Crippen molar-refractivity contribution in [3.8, 4) is 17.2 Å². The summed E-state index contributed by atoms with van der Waals surface area (Å²) in [6.45, 7) is 1.13. The maximum absolute atomic E-state index is 13.2. The van der Waals surface area contributed by atoms with Gasteiger partial charge in [0.15, 0.2) is 0 Å². The van der Waals surface area contributed by atoms with Gasteiger partial charge < -0.3 is 10.4 Å². The van der Waals surface area contributed by atoms with Crippen LogP contribution in [0.4, 0.5) is 0 Å². The van der Waals surface area contributed by atoms with Gasteiger partial charge in [-0.3, -0.25) is 4.98 Å². The van der Waals surface area contributed by atoms with E-state index in [9.17, 15) is 13.5 Å². The number of aliphatic hydroxyl groups excluding tert-OH is 1. The first-order valence-electron chi connectivity index (χ1n) is 11.3. The summed E-state index contributed by atoms with van der Waals surface area (Å²) < 4.78 is 29.0. The van der Waals surface area contributed by atoms with E-state index >= 15 is 0 Å². The summed E-state index contributed by atoms with van der Waals surface area (Å²) >= 11 is 0. The number of pyridine rings is 1. The van der Waals surface area contributed by atoms with E-state index < -0.39 is 16.1 Å². The van der Waals surface area contributed by atoms with Gasteiger partial charge in [-0.05, 0) is 60.0 Å². The van der Waals surface area contributed by atoms with Crippen molar-refractivity contribution < 1.29 is 13.5 Å². The third-order valence-electron chi connectivity index (χ3n) is 5.72. The summed E-state index contributed by atoms with van der Waals surface area (Å²) in [5.74, 6) is 0. The minimum absolute atomic E-state index is 0.206. The van der Waals surface area contributed by atoms with Crippen LogP contribution in [0.2, 0.25) is 0 Å². The van der Waals surface area contributed by atoms with Gasteiger partial charge in [0.1, 0.15) is 0 Å². The summed E-state index contributed by atoms with van der Waals surface area (Å²) in [5.41, 5.74) is 3.02. The van der Waals surface area contributed by atoms with Crippen molar-refractivity contribution in [2.75, 3.05) is 19.6 Å². The smallest absolute Gasteiger partial charge is 0.241 e. The molecule has 0 aliphatic heterocycles. The van der Waals surface area contributed by atoms with Crippen LogP contribution in [0.25, 0.3) is 21.9 Å². The fourth-order valence-corrected chi connectivity index (χ4v) is 5.14. The minimum Gasteiger partial charge on any atom is -0.388 e. The Kier molecular flexibility index (Phi) is 7.85. The molecular formula is C27H26N4O3S. The predicted octanol–water partition coefficient (Wildman–Crippen LogP) is 3.77. The minimum atomic E-state index is -3.76. The number of hydrogen-bond donors (Lipinski definition) is 3. The van der Waals surface area contributed by atoms with E-state index in [0.29, 0.717) is 30.5 Å². The van der Waals surface area contributed by atoms with Crippen LogP contribution in [-0.4, -0.2) is 38.1 Å². The SMILES string of the molecule is N#Cc1ccc(C(O)CCNCCNS(=O)(=O)c2cc(-c3ccccc3)cc3cnccc23)cc1. The Balaban J connectivity index is 1.37. The second kappa shape index (κ2) is 11.2. The molecule has 8 heteroatoms. The van der Waals surface area contributed by atoms with Crippen molar-refractivity contribution in [1.82, 2.24) is 15.0 Å². The molecule has 1 heterocycles. The number of sulfonamides is 1. The molecule has 0 radical (unpaired) electrons. The summed E-state index contributed by atoms with van der Waals surface area (Å²) in [4.78, 5) is 4.37. The number of nitriles is 1. The zero-order chi connectivity index (χ0) is 24.7. The van der Waals surface area contributed by atoms with Crippen molar-refractivity contribution in [2.24, 2.45) is 0 Å². The number of nitrogens with one attached hydrogen (secondary N) is 2. The van der Waals surface area contributed by atoms with Crippen LogP contribution in [-0.2, 0) is 10.0 Å². The molecule has 0 saturated heterocycles. The maximum Gasteiger partial charge on any atom is 0.241 e. The number of benzene rings is 3. The number of aromatic nitrogens is 1. The summed E-state index contributed by atoms with van der Waals surface area (Å²) in [6.07, 6.45) is 3.06. The zero-order valence-electron chi connectivity index (χ0n) is 19.1. The Morgan fingerprint density at radius 3 is 2.46 bits per heavy atom. The number of rotatable bonds is 10. The average Bonchev–Trinajstić information content (AvgIpc) is 2.90. The summed E-state index contributed by atoms with van der Waals surface area (Å²) in [7, 11) is -3.76. The molecule has 35 heavy (non-hydrogen) atoms. The number of aliphatic hydroxyl groups is 1. The molecule has 4 aromatic rings. The van der Waals surface area contributed by atoms with E-state index in [1.165, 1.54) is 0 Å². The second-order valence-corrected chi connectivity index (χ2v) is 9.86. The molecule has 4 rings (SSSR count). The van der Waals surface area contributed by atoms with Gasteiger partial charge in [0.05, 0.1) is 22.6 Å². The Morgan fingerprint density at radius 1 is 0.943 bits per heavy atom. The molecule has 3 aromatic carbocycles. The Morgan fingerprint density at radius 2 is 1.71 bits per heavy atom. The van der Waals surface area contributed by atoms with Crippen LogP contribution < -0.4 is 10.0 Å². The van der Waals surface area contributed by atoms with Crippen LogP contribution in [0.5, 0.6) is 0 Å². The molecule has 178 valence electrons. The normalized spacial score (nSPS) is 12.3. The molecule has 1 atom stereocenters. The van der Waals surface area contributed by atoms with Crippen molar-refractivity contribution in [3.05, 3.63) is 96.3 Å². The van der Waals surface area contributed by atoms with Crippen LogP contribution in [0.1, 0.15) is 23.7 Å². The van der Waals surface area contributed by atoms with Crippen molar-refractivity contribution in [2.45, 2.75) is 17.4 Å². The number of fused-ring (bicyclic) bond motifs is 1. The van der Waals surface area contributed by atoms with Gasteiger partial charge in [-0.25, -0.2) is 13.1 Å². The number of hydrogen-bond acceptors (Lipinski definition) is 6. The highest BCUT2D eigenvalue weighted by Crippen LogP contribution is 2.30. The van der Waals surface area contributed by atoms with Crippen LogP contribution in [0, 0.1) is 11.3 Å². The molecule has 7 nitrogen and oxygen atoms in total. The van der Waals surface area contributed by atoms with E-state index in [0.717, 1.165) is 22.1 Å². The van der Waals surface area contributed by atoms with Crippen LogP contribution in [0.3, 0.4) is 0 Å². The lowest BCUT2D eigenvalue weighted by atomic mass is 10.0. The molecule has 1 aromatic heterocycles. The van der Waals surface area contributed by atoms with E-state index in [1.807, 2.05) is 36.4 Å². The lowest BCUT2D eigenvalue weighted by Crippen LogP contribution is -2.32. The largest absolute Gasteiger partial charge is 0.388 e. The van der Waals surface area contributed by atoms with Crippen molar-refractivity contribution in [1.29, 1.82) is 5.26 Å². The Hall–Kier alpha value is -3.61. The molecule has 0 saturated carbocycles. The van der Waals surface area contributed by atoms with E-state index in [-0.39, 0.29) is 11.4 Å². The van der Waals surface area contributed by atoms with Crippen LogP contribution >= 0.6 is 0 Å². The number of nitrogens with zero attached hydrogens (tertiary/aromatic N) is 2. The van der Waals surface area contributed by atoms with E-state index in [2.05, 4.69) is 21.1 Å². The van der Waals surface area contributed by atoms with Gasteiger partial charge >= 0.3 is 0 Å². The third kappa shape index (κ3) is 6.10. The molecule has 3 N–H and O–H groups in total. The fourth-order valence-electron chi connectivity index (χ4n) is 3.86. The Bertz CT molecular complexity index is 1430. The zero-order valence-corrected chi connectivity index (χ0v) is 19.9.